The Hall–Kier alpha value is -2.04. The Morgan fingerprint density at radius 1 is 1.04 bits per heavy atom. The number of hydrogen-bond donors (Lipinski definition) is 2. The molecule has 126 valence electrons. The van der Waals surface area contributed by atoms with Crippen molar-refractivity contribution in [3.05, 3.63) is 63.6 Å². The first-order valence-corrected chi connectivity index (χ1v) is 8.27. The highest BCUT2D eigenvalue weighted by molar-refractivity contribution is 6.37. The molecule has 0 aliphatic carbocycles. The van der Waals surface area contributed by atoms with Gasteiger partial charge in [0.15, 0.2) is 0 Å². The quantitative estimate of drug-likeness (QED) is 0.812. The van der Waals surface area contributed by atoms with Gasteiger partial charge in [0, 0.05) is 22.8 Å². The van der Waals surface area contributed by atoms with E-state index in [1.807, 2.05) is 13.8 Å². The molecule has 0 fully saturated rings. The van der Waals surface area contributed by atoms with Gasteiger partial charge in [-0.05, 0) is 42.3 Å². The fourth-order valence-corrected chi connectivity index (χ4v) is 2.50. The molecular formula is C18H18Cl2N2O2. The SMILES string of the molecule is CC(C)CNC(=O)c1cccc(NC(=O)c2ccc(Cl)cc2Cl)c1. The molecule has 0 aliphatic heterocycles. The van der Waals surface area contributed by atoms with Crippen LogP contribution in [0.25, 0.3) is 0 Å². The van der Waals surface area contributed by atoms with Crippen LogP contribution < -0.4 is 10.6 Å². The van der Waals surface area contributed by atoms with Crippen molar-refractivity contribution in [3.8, 4) is 0 Å². The van der Waals surface area contributed by atoms with Crippen molar-refractivity contribution in [3.63, 3.8) is 0 Å². The maximum Gasteiger partial charge on any atom is 0.257 e. The lowest BCUT2D eigenvalue weighted by Crippen LogP contribution is -2.27. The predicted octanol–water partition coefficient (Wildman–Crippen LogP) is 4.63. The van der Waals surface area contributed by atoms with Crippen LogP contribution in [0.1, 0.15) is 34.6 Å². The Kier molecular flexibility index (Phi) is 6.23. The summed E-state index contributed by atoms with van der Waals surface area (Å²) in [6.07, 6.45) is 0. The van der Waals surface area contributed by atoms with E-state index < -0.39 is 0 Å². The lowest BCUT2D eigenvalue weighted by Gasteiger charge is -2.10. The summed E-state index contributed by atoms with van der Waals surface area (Å²) in [6.45, 7) is 4.63. The van der Waals surface area contributed by atoms with E-state index in [2.05, 4.69) is 10.6 Å². The van der Waals surface area contributed by atoms with Crippen molar-refractivity contribution in [2.75, 3.05) is 11.9 Å². The third kappa shape index (κ3) is 4.98. The molecule has 2 amide bonds. The maximum atomic E-state index is 12.3. The van der Waals surface area contributed by atoms with Crippen LogP contribution in [0.4, 0.5) is 5.69 Å². The zero-order chi connectivity index (χ0) is 17.7. The number of hydrogen-bond acceptors (Lipinski definition) is 2. The van der Waals surface area contributed by atoms with Gasteiger partial charge in [0.2, 0.25) is 0 Å². The van der Waals surface area contributed by atoms with Gasteiger partial charge in [0.25, 0.3) is 11.8 Å². The van der Waals surface area contributed by atoms with Gasteiger partial charge < -0.3 is 10.6 Å². The van der Waals surface area contributed by atoms with Gasteiger partial charge in [-0.25, -0.2) is 0 Å². The standard InChI is InChI=1S/C18H18Cl2N2O2/c1-11(2)10-21-17(23)12-4-3-5-14(8-12)22-18(24)15-7-6-13(19)9-16(15)20/h3-9,11H,10H2,1-2H3,(H,21,23)(H,22,24). The van der Waals surface area contributed by atoms with Crippen LogP contribution in [0.2, 0.25) is 10.0 Å². The summed E-state index contributed by atoms with van der Waals surface area (Å²) in [5, 5.41) is 6.30. The molecule has 0 spiro atoms. The van der Waals surface area contributed by atoms with Crippen molar-refractivity contribution in [1.82, 2.24) is 5.32 Å². The van der Waals surface area contributed by atoms with Crippen molar-refractivity contribution in [2.45, 2.75) is 13.8 Å². The summed E-state index contributed by atoms with van der Waals surface area (Å²) < 4.78 is 0. The number of nitrogens with one attached hydrogen (secondary N) is 2. The third-order valence-electron chi connectivity index (χ3n) is 3.23. The molecule has 0 heterocycles. The number of halogens is 2. The number of carbonyl (C=O) groups excluding carboxylic acids is 2. The molecule has 2 aromatic carbocycles. The summed E-state index contributed by atoms with van der Waals surface area (Å²) >= 11 is 11.9. The average molecular weight is 365 g/mol. The second-order valence-electron chi connectivity index (χ2n) is 5.76. The van der Waals surface area contributed by atoms with Crippen LogP contribution in [0.5, 0.6) is 0 Å². The summed E-state index contributed by atoms with van der Waals surface area (Å²) in [4.78, 5) is 24.4. The zero-order valence-corrected chi connectivity index (χ0v) is 14.9. The number of anilines is 1. The van der Waals surface area contributed by atoms with E-state index in [-0.39, 0.29) is 16.8 Å². The molecule has 0 atom stereocenters. The van der Waals surface area contributed by atoms with E-state index in [9.17, 15) is 9.59 Å². The van der Waals surface area contributed by atoms with E-state index >= 15 is 0 Å². The van der Waals surface area contributed by atoms with Crippen molar-refractivity contribution < 1.29 is 9.59 Å². The molecule has 0 saturated carbocycles. The number of amides is 2. The molecule has 0 aromatic heterocycles. The van der Waals surface area contributed by atoms with Crippen molar-refractivity contribution >= 4 is 40.7 Å². The minimum Gasteiger partial charge on any atom is -0.352 e. The van der Waals surface area contributed by atoms with Crippen LogP contribution in [0, 0.1) is 5.92 Å². The average Bonchev–Trinajstić information content (AvgIpc) is 2.52. The number of rotatable bonds is 5. The summed E-state index contributed by atoms with van der Waals surface area (Å²) in [5.41, 5.74) is 1.31. The summed E-state index contributed by atoms with van der Waals surface area (Å²) in [5.74, 6) is -0.176. The van der Waals surface area contributed by atoms with Gasteiger partial charge >= 0.3 is 0 Å². The van der Waals surface area contributed by atoms with Gasteiger partial charge in [-0.15, -0.1) is 0 Å². The lowest BCUT2D eigenvalue weighted by molar-refractivity contribution is 0.0947. The molecule has 0 aliphatic rings. The second kappa shape index (κ2) is 8.18. The fraction of sp³-hybridized carbons (Fsp3) is 0.222. The first-order valence-electron chi connectivity index (χ1n) is 7.51. The first kappa shape index (κ1) is 18.3. The summed E-state index contributed by atoms with van der Waals surface area (Å²) in [7, 11) is 0. The normalized spacial score (nSPS) is 10.5. The number of carbonyl (C=O) groups is 2. The van der Waals surface area contributed by atoms with Gasteiger partial charge in [-0.3, -0.25) is 9.59 Å². The van der Waals surface area contributed by atoms with Gasteiger partial charge in [0.05, 0.1) is 10.6 Å². The number of benzene rings is 2. The van der Waals surface area contributed by atoms with E-state index in [4.69, 9.17) is 23.2 Å². The topological polar surface area (TPSA) is 58.2 Å². The largest absolute Gasteiger partial charge is 0.352 e. The Labute approximate surface area is 151 Å². The molecule has 0 saturated heterocycles. The van der Waals surface area contributed by atoms with E-state index in [1.165, 1.54) is 6.07 Å². The molecule has 2 rings (SSSR count). The zero-order valence-electron chi connectivity index (χ0n) is 13.4. The van der Waals surface area contributed by atoms with E-state index in [0.29, 0.717) is 34.3 Å². The Balaban J connectivity index is 2.11. The molecule has 2 N–H and O–H groups in total. The van der Waals surface area contributed by atoms with Gasteiger partial charge in [0.1, 0.15) is 0 Å². The Morgan fingerprint density at radius 3 is 2.46 bits per heavy atom. The highest BCUT2D eigenvalue weighted by atomic mass is 35.5. The van der Waals surface area contributed by atoms with Crippen molar-refractivity contribution in [2.24, 2.45) is 5.92 Å². The van der Waals surface area contributed by atoms with Gasteiger partial charge in [-0.2, -0.15) is 0 Å². The summed E-state index contributed by atoms with van der Waals surface area (Å²) in [6, 6.07) is 11.4. The third-order valence-corrected chi connectivity index (χ3v) is 3.78. The fourth-order valence-electron chi connectivity index (χ4n) is 2.01. The van der Waals surface area contributed by atoms with E-state index in [0.717, 1.165) is 0 Å². The van der Waals surface area contributed by atoms with Gasteiger partial charge in [-0.1, -0.05) is 43.1 Å². The molecule has 4 nitrogen and oxygen atoms in total. The highest BCUT2D eigenvalue weighted by Gasteiger charge is 2.12. The minimum atomic E-state index is -0.364. The second-order valence-corrected chi connectivity index (χ2v) is 6.61. The minimum absolute atomic E-state index is 0.177. The van der Waals surface area contributed by atoms with Crippen LogP contribution in [0.15, 0.2) is 42.5 Å². The molecule has 6 heteroatoms. The lowest BCUT2D eigenvalue weighted by atomic mass is 10.1. The molecule has 24 heavy (non-hydrogen) atoms. The highest BCUT2D eigenvalue weighted by Crippen LogP contribution is 2.22. The Morgan fingerprint density at radius 2 is 1.79 bits per heavy atom. The maximum absolute atomic E-state index is 12.3. The molecule has 2 aromatic rings. The van der Waals surface area contributed by atoms with Crippen LogP contribution in [-0.4, -0.2) is 18.4 Å². The van der Waals surface area contributed by atoms with Crippen LogP contribution in [0.3, 0.4) is 0 Å². The monoisotopic (exact) mass is 364 g/mol. The first-order chi connectivity index (χ1) is 11.4. The smallest absolute Gasteiger partial charge is 0.257 e. The van der Waals surface area contributed by atoms with Crippen LogP contribution in [-0.2, 0) is 0 Å². The molecular weight excluding hydrogens is 347 g/mol. The molecule has 0 radical (unpaired) electrons. The predicted molar refractivity (Wildman–Crippen MR) is 98.0 cm³/mol. The molecule has 0 bridgehead atoms. The Bertz CT molecular complexity index is 760. The van der Waals surface area contributed by atoms with E-state index in [1.54, 1.807) is 36.4 Å². The van der Waals surface area contributed by atoms with Crippen LogP contribution >= 0.6 is 23.2 Å². The molecule has 0 unspecified atom stereocenters. The van der Waals surface area contributed by atoms with Crippen molar-refractivity contribution in [1.29, 1.82) is 0 Å².